The summed E-state index contributed by atoms with van der Waals surface area (Å²) >= 11 is 3.34. The summed E-state index contributed by atoms with van der Waals surface area (Å²) in [6.45, 7) is 2.54. The second-order valence-corrected chi connectivity index (χ2v) is 5.53. The zero-order valence-corrected chi connectivity index (χ0v) is 13.4. The predicted octanol–water partition coefficient (Wildman–Crippen LogP) is 1.08. The van der Waals surface area contributed by atoms with Crippen LogP contribution in [0, 0.1) is 0 Å². The summed E-state index contributed by atoms with van der Waals surface area (Å²) in [5, 5.41) is 5.63. The number of amides is 2. The second-order valence-electron chi connectivity index (χ2n) is 4.62. The molecule has 114 valence electrons. The average Bonchev–Trinajstić information content (AvgIpc) is 2.53. The SMILES string of the molecule is CNC(=O)c1cc(Br)ccc1NCC(=O)N1CCOCC1. The summed E-state index contributed by atoms with van der Waals surface area (Å²) in [5.41, 5.74) is 1.14. The lowest BCUT2D eigenvalue weighted by atomic mass is 10.1. The number of rotatable bonds is 4. The van der Waals surface area contributed by atoms with Crippen LogP contribution in [0.4, 0.5) is 5.69 Å². The second kappa shape index (κ2) is 7.42. The average molecular weight is 356 g/mol. The highest BCUT2D eigenvalue weighted by molar-refractivity contribution is 9.10. The molecule has 2 rings (SSSR count). The summed E-state index contributed by atoms with van der Waals surface area (Å²) in [6.07, 6.45) is 0. The van der Waals surface area contributed by atoms with E-state index >= 15 is 0 Å². The van der Waals surface area contributed by atoms with Crippen molar-refractivity contribution in [2.45, 2.75) is 0 Å². The molecule has 0 spiro atoms. The van der Waals surface area contributed by atoms with E-state index in [9.17, 15) is 9.59 Å². The van der Waals surface area contributed by atoms with Crippen LogP contribution >= 0.6 is 15.9 Å². The largest absolute Gasteiger partial charge is 0.378 e. The molecule has 1 aliphatic heterocycles. The van der Waals surface area contributed by atoms with Crippen LogP contribution in [-0.4, -0.2) is 56.6 Å². The number of halogens is 1. The lowest BCUT2D eigenvalue weighted by molar-refractivity contribution is -0.133. The van der Waals surface area contributed by atoms with Gasteiger partial charge in [0, 0.05) is 30.3 Å². The number of benzene rings is 1. The molecule has 1 aromatic carbocycles. The van der Waals surface area contributed by atoms with Crippen LogP contribution in [0.1, 0.15) is 10.4 Å². The molecule has 0 atom stereocenters. The van der Waals surface area contributed by atoms with E-state index in [2.05, 4.69) is 26.6 Å². The molecule has 21 heavy (non-hydrogen) atoms. The van der Waals surface area contributed by atoms with Gasteiger partial charge in [0.15, 0.2) is 0 Å². The third kappa shape index (κ3) is 4.18. The standard InChI is InChI=1S/C14H18BrN3O3/c1-16-14(20)11-8-10(15)2-3-12(11)17-9-13(19)18-4-6-21-7-5-18/h2-3,8,17H,4-7,9H2,1H3,(H,16,20). The molecular weight excluding hydrogens is 338 g/mol. The molecule has 1 fully saturated rings. The summed E-state index contributed by atoms with van der Waals surface area (Å²) in [5.74, 6) is -0.193. The van der Waals surface area contributed by atoms with Crippen LogP contribution in [-0.2, 0) is 9.53 Å². The van der Waals surface area contributed by atoms with Crippen LogP contribution in [0.25, 0.3) is 0 Å². The first-order chi connectivity index (χ1) is 10.1. The molecular formula is C14H18BrN3O3. The zero-order valence-electron chi connectivity index (χ0n) is 11.8. The third-order valence-electron chi connectivity index (χ3n) is 3.25. The first-order valence-corrected chi connectivity index (χ1v) is 7.52. The molecule has 7 heteroatoms. The first-order valence-electron chi connectivity index (χ1n) is 6.73. The van der Waals surface area contributed by atoms with E-state index in [4.69, 9.17) is 4.74 Å². The number of carbonyl (C=O) groups excluding carboxylic acids is 2. The fraction of sp³-hybridized carbons (Fsp3) is 0.429. The molecule has 0 saturated carbocycles. The van der Waals surface area contributed by atoms with Gasteiger partial charge in [0.2, 0.25) is 5.91 Å². The van der Waals surface area contributed by atoms with E-state index in [0.717, 1.165) is 4.47 Å². The first kappa shape index (κ1) is 15.8. The molecule has 0 unspecified atom stereocenters. The topological polar surface area (TPSA) is 70.7 Å². The van der Waals surface area contributed by atoms with E-state index in [1.807, 2.05) is 6.07 Å². The summed E-state index contributed by atoms with van der Waals surface area (Å²) in [7, 11) is 1.58. The summed E-state index contributed by atoms with van der Waals surface area (Å²) in [4.78, 5) is 25.7. The smallest absolute Gasteiger partial charge is 0.253 e. The van der Waals surface area contributed by atoms with Crippen LogP contribution < -0.4 is 10.6 Å². The normalized spacial score (nSPS) is 14.7. The van der Waals surface area contributed by atoms with Crippen molar-refractivity contribution in [2.75, 3.05) is 45.2 Å². The number of ether oxygens (including phenoxy) is 1. The van der Waals surface area contributed by atoms with Gasteiger partial charge in [-0.05, 0) is 18.2 Å². The molecule has 1 aliphatic rings. The Morgan fingerprint density at radius 2 is 2.05 bits per heavy atom. The number of nitrogens with one attached hydrogen (secondary N) is 2. The maximum absolute atomic E-state index is 12.1. The van der Waals surface area contributed by atoms with Gasteiger partial charge in [0.25, 0.3) is 5.91 Å². The van der Waals surface area contributed by atoms with Gasteiger partial charge in [-0.15, -0.1) is 0 Å². The van der Waals surface area contributed by atoms with E-state index in [1.165, 1.54) is 0 Å². The fourth-order valence-electron chi connectivity index (χ4n) is 2.09. The minimum absolute atomic E-state index is 0.00377. The van der Waals surface area contributed by atoms with Crippen molar-refractivity contribution in [1.29, 1.82) is 0 Å². The van der Waals surface area contributed by atoms with Crippen molar-refractivity contribution in [1.82, 2.24) is 10.2 Å². The monoisotopic (exact) mass is 355 g/mol. The van der Waals surface area contributed by atoms with Crippen molar-refractivity contribution in [2.24, 2.45) is 0 Å². The number of anilines is 1. The minimum atomic E-state index is -0.197. The lowest BCUT2D eigenvalue weighted by Crippen LogP contribution is -2.43. The molecule has 0 radical (unpaired) electrons. The third-order valence-corrected chi connectivity index (χ3v) is 3.74. The Morgan fingerprint density at radius 1 is 1.33 bits per heavy atom. The quantitative estimate of drug-likeness (QED) is 0.847. The molecule has 2 N–H and O–H groups in total. The van der Waals surface area contributed by atoms with Crippen molar-refractivity contribution in [3.63, 3.8) is 0 Å². The molecule has 1 saturated heterocycles. The van der Waals surface area contributed by atoms with E-state index in [1.54, 1.807) is 24.1 Å². The highest BCUT2D eigenvalue weighted by Crippen LogP contribution is 2.21. The van der Waals surface area contributed by atoms with Crippen LogP contribution in [0.3, 0.4) is 0 Å². The van der Waals surface area contributed by atoms with Gasteiger partial charge in [-0.2, -0.15) is 0 Å². The maximum atomic E-state index is 12.1. The lowest BCUT2D eigenvalue weighted by Gasteiger charge is -2.27. The van der Waals surface area contributed by atoms with Gasteiger partial charge in [-0.3, -0.25) is 9.59 Å². The van der Waals surface area contributed by atoms with Crippen molar-refractivity contribution in [3.8, 4) is 0 Å². The van der Waals surface area contributed by atoms with Gasteiger partial charge in [-0.1, -0.05) is 15.9 Å². The molecule has 0 aromatic heterocycles. The highest BCUT2D eigenvalue weighted by Gasteiger charge is 2.17. The van der Waals surface area contributed by atoms with Gasteiger partial charge < -0.3 is 20.3 Å². The highest BCUT2D eigenvalue weighted by atomic mass is 79.9. The minimum Gasteiger partial charge on any atom is -0.378 e. The van der Waals surface area contributed by atoms with Crippen LogP contribution in [0.15, 0.2) is 22.7 Å². The van der Waals surface area contributed by atoms with Crippen LogP contribution in [0.5, 0.6) is 0 Å². The van der Waals surface area contributed by atoms with E-state index in [0.29, 0.717) is 37.6 Å². The van der Waals surface area contributed by atoms with Crippen molar-refractivity contribution < 1.29 is 14.3 Å². The molecule has 0 bridgehead atoms. The molecule has 0 aliphatic carbocycles. The summed E-state index contributed by atoms with van der Waals surface area (Å²) < 4.78 is 6.03. The Morgan fingerprint density at radius 3 is 2.71 bits per heavy atom. The Bertz CT molecular complexity index is 530. The number of hydrogen-bond acceptors (Lipinski definition) is 4. The number of nitrogens with zero attached hydrogens (tertiary/aromatic N) is 1. The van der Waals surface area contributed by atoms with Gasteiger partial charge in [0.05, 0.1) is 25.3 Å². The zero-order chi connectivity index (χ0) is 15.2. The maximum Gasteiger partial charge on any atom is 0.253 e. The van der Waals surface area contributed by atoms with E-state index < -0.39 is 0 Å². The molecule has 6 nitrogen and oxygen atoms in total. The van der Waals surface area contributed by atoms with Gasteiger partial charge in [-0.25, -0.2) is 0 Å². The van der Waals surface area contributed by atoms with Crippen molar-refractivity contribution in [3.05, 3.63) is 28.2 Å². The van der Waals surface area contributed by atoms with Crippen molar-refractivity contribution >= 4 is 33.4 Å². The Hall–Kier alpha value is -1.60. The Balaban J connectivity index is 2.02. The van der Waals surface area contributed by atoms with E-state index in [-0.39, 0.29) is 18.4 Å². The number of morpholine rings is 1. The van der Waals surface area contributed by atoms with Crippen LogP contribution in [0.2, 0.25) is 0 Å². The summed E-state index contributed by atoms with van der Waals surface area (Å²) in [6, 6.07) is 5.33. The predicted molar refractivity (Wildman–Crippen MR) is 83.4 cm³/mol. The number of carbonyl (C=O) groups is 2. The molecule has 1 heterocycles. The van der Waals surface area contributed by atoms with Gasteiger partial charge >= 0.3 is 0 Å². The number of hydrogen-bond donors (Lipinski definition) is 2. The fourth-order valence-corrected chi connectivity index (χ4v) is 2.45. The Labute approximate surface area is 132 Å². The van der Waals surface area contributed by atoms with Gasteiger partial charge in [0.1, 0.15) is 0 Å². The molecule has 1 aromatic rings. The Kier molecular flexibility index (Phi) is 5.58. The molecule has 2 amide bonds.